The van der Waals surface area contributed by atoms with Crippen LogP contribution >= 0.6 is 12.2 Å². The van der Waals surface area contributed by atoms with Gasteiger partial charge in [-0.1, -0.05) is 42.5 Å². The molecule has 1 rings (SSSR count). The number of hydrogen-bond acceptors (Lipinski definition) is 3. The van der Waals surface area contributed by atoms with Gasteiger partial charge in [-0.05, 0) is 19.5 Å². The Kier molecular flexibility index (Phi) is 6.45. The highest BCUT2D eigenvalue weighted by Gasteiger charge is 2.17. The molecular formula is C14H21N3OS. The van der Waals surface area contributed by atoms with Crippen LogP contribution in [0.4, 0.5) is 0 Å². The van der Waals surface area contributed by atoms with Gasteiger partial charge in [0.15, 0.2) is 0 Å². The van der Waals surface area contributed by atoms with Gasteiger partial charge in [-0.2, -0.15) is 0 Å². The van der Waals surface area contributed by atoms with Crippen molar-refractivity contribution in [3.05, 3.63) is 35.9 Å². The number of hydrogen-bond donors (Lipinski definition) is 2. The molecule has 5 heteroatoms. The van der Waals surface area contributed by atoms with E-state index in [1.807, 2.05) is 49.2 Å². The molecule has 0 aliphatic rings. The summed E-state index contributed by atoms with van der Waals surface area (Å²) in [5.74, 6) is -0.0182. The topological polar surface area (TPSA) is 58.4 Å². The van der Waals surface area contributed by atoms with Crippen LogP contribution in [-0.2, 0) is 4.79 Å². The molecule has 0 bridgehead atoms. The molecule has 0 saturated carbocycles. The summed E-state index contributed by atoms with van der Waals surface area (Å²) in [5, 5.41) is 2.77. The maximum atomic E-state index is 11.5. The average molecular weight is 279 g/mol. The summed E-state index contributed by atoms with van der Waals surface area (Å²) >= 11 is 5.13. The maximum Gasteiger partial charge on any atom is 0.234 e. The summed E-state index contributed by atoms with van der Waals surface area (Å²) in [6, 6.07) is 9.89. The first-order valence-corrected chi connectivity index (χ1v) is 6.75. The largest absolute Gasteiger partial charge is 0.393 e. The van der Waals surface area contributed by atoms with E-state index in [4.69, 9.17) is 18.0 Å². The summed E-state index contributed by atoms with van der Waals surface area (Å²) in [5.41, 5.74) is 6.89. The lowest BCUT2D eigenvalue weighted by Gasteiger charge is -2.23. The Bertz CT molecular complexity index is 422. The van der Waals surface area contributed by atoms with Crippen molar-refractivity contribution in [2.45, 2.75) is 12.8 Å². The third kappa shape index (κ3) is 5.36. The fourth-order valence-electron chi connectivity index (χ4n) is 1.92. The van der Waals surface area contributed by atoms with E-state index in [1.165, 1.54) is 0 Å². The molecule has 0 heterocycles. The SMILES string of the molecule is CCNC(=O)CN(C)CC(C(N)=S)c1ccccc1. The van der Waals surface area contributed by atoms with Crippen LogP contribution in [0, 0.1) is 0 Å². The zero-order chi connectivity index (χ0) is 14.3. The number of rotatable bonds is 7. The van der Waals surface area contributed by atoms with Gasteiger partial charge < -0.3 is 11.1 Å². The number of amides is 1. The number of benzene rings is 1. The number of nitrogens with two attached hydrogens (primary N) is 1. The fraction of sp³-hybridized carbons (Fsp3) is 0.429. The zero-order valence-corrected chi connectivity index (χ0v) is 12.2. The molecule has 0 radical (unpaired) electrons. The Morgan fingerprint density at radius 3 is 2.58 bits per heavy atom. The lowest BCUT2D eigenvalue weighted by Crippen LogP contribution is -2.39. The van der Waals surface area contributed by atoms with Crippen molar-refractivity contribution in [1.29, 1.82) is 0 Å². The fourth-order valence-corrected chi connectivity index (χ4v) is 2.13. The Balaban J connectivity index is 2.65. The number of nitrogens with zero attached hydrogens (tertiary/aromatic N) is 1. The molecule has 1 aromatic carbocycles. The second kappa shape index (κ2) is 7.86. The molecule has 0 fully saturated rings. The van der Waals surface area contributed by atoms with Gasteiger partial charge in [-0.3, -0.25) is 9.69 Å². The van der Waals surface area contributed by atoms with Gasteiger partial charge in [0.05, 0.1) is 11.5 Å². The summed E-state index contributed by atoms with van der Waals surface area (Å²) in [4.78, 5) is 13.9. The maximum absolute atomic E-state index is 11.5. The van der Waals surface area contributed by atoms with Crippen molar-refractivity contribution in [1.82, 2.24) is 10.2 Å². The monoisotopic (exact) mass is 279 g/mol. The van der Waals surface area contributed by atoms with E-state index in [1.54, 1.807) is 0 Å². The van der Waals surface area contributed by atoms with Crippen molar-refractivity contribution in [3.8, 4) is 0 Å². The van der Waals surface area contributed by atoms with Crippen LogP contribution in [0.3, 0.4) is 0 Å². The summed E-state index contributed by atoms with van der Waals surface area (Å²) in [6.07, 6.45) is 0. The Morgan fingerprint density at radius 2 is 2.05 bits per heavy atom. The second-order valence-electron chi connectivity index (χ2n) is 4.52. The van der Waals surface area contributed by atoms with Crippen LogP contribution in [0.2, 0.25) is 0 Å². The number of carbonyl (C=O) groups is 1. The van der Waals surface area contributed by atoms with Gasteiger partial charge in [0.25, 0.3) is 0 Å². The predicted molar refractivity (Wildman–Crippen MR) is 82.1 cm³/mol. The predicted octanol–water partition coefficient (Wildman–Crippen LogP) is 1.12. The minimum absolute atomic E-state index is 0.0137. The molecule has 0 saturated heterocycles. The molecule has 19 heavy (non-hydrogen) atoms. The van der Waals surface area contributed by atoms with Crippen molar-refractivity contribution >= 4 is 23.1 Å². The third-order valence-electron chi connectivity index (χ3n) is 2.83. The smallest absolute Gasteiger partial charge is 0.234 e. The molecule has 3 N–H and O–H groups in total. The number of likely N-dealkylation sites (N-methyl/N-ethyl adjacent to an activating group) is 2. The van der Waals surface area contributed by atoms with E-state index in [0.29, 0.717) is 24.6 Å². The van der Waals surface area contributed by atoms with Crippen molar-refractivity contribution in [2.75, 3.05) is 26.7 Å². The molecule has 1 unspecified atom stereocenters. The first-order chi connectivity index (χ1) is 9.04. The van der Waals surface area contributed by atoms with Crippen LogP contribution in [0.5, 0.6) is 0 Å². The first-order valence-electron chi connectivity index (χ1n) is 6.34. The summed E-state index contributed by atoms with van der Waals surface area (Å²) in [6.45, 7) is 3.53. The molecule has 104 valence electrons. The Labute approximate surface area is 120 Å². The lowest BCUT2D eigenvalue weighted by molar-refractivity contribution is -0.121. The van der Waals surface area contributed by atoms with Crippen LogP contribution in [0.1, 0.15) is 18.4 Å². The highest BCUT2D eigenvalue weighted by molar-refractivity contribution is 7.80. The molecule has 1 atom stereocenters. The molecule has 0 aromatic heterocycles. The minimum Gasteiger partial charge on any atom is -0.393 e. The first kappa shape index (κ1) is 15.6. The zero-order valence-electron chi connectivity index (χ0n) is 11.4. The summed E-state index contributed by atoms with van der Waals surface area (Å²) < 4.78 is 0. The van der Waals surface area contributed by atoms with Crippen molar-refractivity contribution in [2.24, 2.45) is 5.73 Å². The lowest BCUT2D eigenvalue weighted by atomic mass is 9.98. The molecule has 4 nitrogen and oxygen atoms in total. The van der Waals surface area contributed by atoms with E-state index >= 15 is 0 Å². The highest BCUT2D eigenvalue weighted by Crippen LogP contribution is 2.16. The van der Waals surface area contributed by atoms with Gasteiger partial charge >= 0.3 is 0 Å². The average Bonchev–Trinajstić information content (AvgIpc) is 2.37. The van der Waals surface area contributed by atoms with Crippen molar-refractivity contribution < 1.29 is 4.79 Å². The van der Waals surface area contributed by atoms with Gasteiger partial charge in [0.1, 0.15) is 0 Å². The molecular weight excluding hydrogens is 258 g/mol. The van der Waals surface area contributed by atoms with Crippen LogP contribution < -0.4 is 11.1 Å². The normalized spacial score (nSPS) is 12.2. The van der Waals surface area contributed by atoms with E-state index in [2.05, 4.69) is 5.32 Å². The van der Waals surface area contributed by atoms with Crippen LogP contribution in [0.15, 0.2) is 30.3 Å². The van der Waals surface area contributed by atoms with Gasteiger partial charge in [-0.25, -0.2) is 0 Å². The number of thiocarbonyl (C=S) groups is 1. The standard InChI is InChI=1S/C14H21N3OS/c1-3-16-13(18)10-17(2)9-12(14(15)19)11-7-5-4-6-8-11/h4-8,12H,3,9-10H2,1-2H3,(H2,15,19)(H,16,18). The quantitative estimate of drug-likeness (QED) is 0.735. The molecule has 0 spiro atoms. The van der Waals surface area contributed by atoms with Gasteiger partial charge in [-0.15, -0.1) is 0 Å². The number of nitrogens with one attached hydrogen (secondary N) is 1. The van der Waals surface area contributed by atoms with Crippen molar-refractivity contribution in [3.63, 3.8) is 0 Å². The van der Waals surface area contributed by atoms with E-state index in [0.717, 1.165) is 5.56 Å². The number of carbonyl (C=O) groups excluding carboxylic acids is 1. The third-order valence-corrected chi connectivity index (χ3v) is 3.11. The molecule has 1 aromatic rings. The van der Waals surface area contributed by atoms with E-state index < -0.39 is 0 Å². The molecule has 0 aliphatic carbocycles. The molecule has 1 amide bonds. The van der Waals surface area contributed by atoms with E-state index in [9.17, 15) is 4.79 Å². The van der Waals surface area contributed by atoms with Gasteiger partial charge in [0, 0.05) is 19.0 Å². The van der Waals surface area contributed by atoms with Gasteiger partial charge in [0.2, 0.25) is 5.91 Å². The Hall–Kier alpha value is -1.46. The molecule has 0 aliphatic heterocycles. The van der Waals surface area contributed by atoms with E-state index in [-0.39, 0.29) is 11.8 Å². The Morgan fingerprint density at radius 1 is 1.42 bits per heavy atom. The highest BCUT2D eigenvalue weighted by atomic mass is 32.1. The van der Waals surface area contributed by atoms with Crippen LogP contribution in [0.25, 0.3) is 0 Å². The minimum atomic E-state index is -0.0318. The second-order valence-corrected chi connectivity index (χ2v) is 4.99. The summed E-state index contributed by atoms with van der Waals surface area (Å²) in [7, 11) is 1.89. The van der Waals surface area contributed by atoms with Crippen LogP contribution in [-0.4, -0.2) is 42.5 Å².